The summed E-state index contributed by atoms with van der Waals surface area (Å²) in [6.07, 6.45) is 3.43. The van der Waals surface area contributed by atoms with Crippen LogP contribution in [-0.4, -0.2) is 19.7 Å². The third-order valence-corrected chi connectivity index (χ3v) is 3.52. The Morgan fingerprint density at radius 1 is 0.952 bits per heavy atom. The Bertz CT molecular complexity index is 501. The monoisotopic (exact) mass is 283 g/mol. The summed E-state index contributed by atoms with van der Waals surface area (Å²) in [5.41, 5.74) is 2.65. The van der Waals surface area contributed by atoms with E-state index in [1.807, 2.05) is 7.05 Å². The van der Waals surface area contributed by atoms with Crippen LogP contribution < -0.4 is 10.1 Å². The molecule has 0 aliphatic rings. The van der Waals surface area contributed by atoms with Gasteiger partial charge in [0.15, 0.2) is 0 Å². The number of rotatable bonds is 8. The first-order valence-corrected chi connectivity index (χ1v) is 7.76. The molecule has 0 radical (unpaired) electrons. The van der Waals surface area contributed by atoms with Crippen LogP contribution in [0.4, 0.5) is 0 Å². The standard InChI is InChI=1S/C19H25NO/c1-3-7-19(15-20-2)21-18-12-10-17(11-13-18)14-16-8-5-4-6-9-16/h4-6,8-13,19-20H,3,7,14-15H2,1-2H3. The third-order valence-electron chi connectivity index (χ3n) is 3.52. The van der Waals surface area contributed by atoms with Crippen LogP contribution in [0.25, 0.3) is 0 Å². The Labute approximate surface area is 128 Å². The van der Waals surface area contributed by atoms with Crippen molar-refractivity contribution in [2.75, 3.05) is 13.6 Å². The van der Waals surface area contributed by atoms with Gasteiger partial charge in [0.05, 0.1) is 0 Å². The van der Waals surface area contributed by atoms with Crippen molar-refractivity contribution in [3.63, 3.8) is 0 Å². The first-order chi connectivity index (χ1) is 10.3. The lowest BCUT2D eigenvalue weighted by Gasteiger charge is -2.18. The molecule has 0 bridgehead atoms. The summed E-state index contributed by atoms with van der Waals surface area (Å²) in [5, 5.41) is 3.19. The lowest BCUT2D eigenvalue weighted by molar-refractivity contribution is 0.189. The Morgan fingerprint density at radius 3 is 2.24 bits per heavy atom. The smallest absolute Gasteiger partial charge is 0.119 e. The molecule has 2 rings (SSSR count). The topological polar surface area (TPSA) is 21.3 Å². The third kappa shape index (κ3) is 5.24. The highest BCUT2D eigenvalue weighted by Gasteiger charge is 2.08. The molecule has 1 unspecified atom stereocenters. The molecule has 0 saturated heterocycles. The average molecular weight is 283 g/mol. The fraction of sp³-hybridized carbons (Fsp3) is 0.368. The normalized spacial score (nSPS) is 12.1. The summed E-state index contributed by atoms with van der Waals surface area (Å²) in [6.45, 7) is 3.08. The van der Waals surface area contributed by atoms with E-state index < -0.39 is 0 Å². The molecule has 0 aromatic heterocycles. The number of ether oxygens (including phenoxy) is 1. The van der Waals surface area contributed by atoms with E-state index in [4.69, 9.17) is 4.74 Å². The van der Waals surface area contributed by atoms with Crippen LogP contribution in [0.2, 0.25) is 0 Å². The summed E-state index contributed by atoms with van der Waals surface area (Å²) in [4.78, 5) is 0. The lowest BCUT2D eigenvalue weighted by atomic mass is 10.1. The van der Waals surface area contributed by atoms with Gasteiger partial charge in [-0.25, -0.2) is 0 Å². The molecule has 112 valence electrons. The van der Waals surface area contributed by atoms with Crippen molar-refractivity contribution >= 4 is 0 Å². The van der Waals surface area contributed by atoms with Crippen LogP contribution in [0, 0.1) is 0 Å². The van der Waals surface area contributed by atoms with E-state index in [1.54, 1.807) is 0 Å². The molecule has 1 atom stereocenters. The predicted molar refractivity (Wildman–Crippen MR) is 88.9 cm³/mol. The Balaban J connectivity index is 1.95. The molecule has 1 N–H and O–H groups in total. The summed E-state index contributed by atoms with van der Waals surface area (Å²) in [5.74, 6) is 0.959. The maximum absolute atomic E-state index is 6.04. The van der Waals surface area contributed by atoms with Crippen molar-refractivity contribution < 1.29 is 4.74 Å². The maximum atomic E-state index is 6.04. The van der Waals surface area contributed by atoms with Gasteiger partial charge in [-0.1, -0.05) is 55.8 Å². The highest BCUT2D eigenvalue weighted by Crippen LogP contribution is 2.17. The number of likely N-dealkylation sites (N-methyl/N-ethyl adjacent to an activating group) is 1. The van der Waals surface area contributed by atoms with Crippen molar-refractivity contribution in [2.45, 2.75) is 32.3 Å². The second kappa shape index (κ2) is 8.48. The molecule has 0 aliphatic heterocycles. The summed E-state index contributed by atoms with van der Waals surface area (Å²) >= 11 is 0. The van der Waals surface area contributed by atoms with E-state index in [9.17, 15) is 0 Å². The quantitative estimate of drug-likeness (QED) is 0.789. The summed E-state index contributed by atoms with van der Waals surface area (Å²) in [7, 11) is 1.97. The molecule has 0 fully saturated rings. The number of benzene rings is 2. The van der Waals surface area contributed by atoms with Gasteiger partial charge in [0.2, 0.25) is 0 Å². The van der Waals surface area contributed by atoms with E-state index >= 15 is 0 Å². The maximum Gasteiger partial charge on any atom is 0.119 e. The van der Waals surface area contributed by atoms with Crippen LogP contribution in [0.1, 0.15) is 30.9 Å². The van der Waals surface area contributed by atoms with Crippen molar-refractivity contribution in [3.05, 3.63) is 65.7 Å². The molecule has 2 nitrogen and oxygen atoms in total. The molecule has 0 amide bonds. The lowest BCUT2D eigenvalue weighted by Crippen LogP contribution is -2.29. The number of hydrogen-bond donors (Lipinski definition) is 1. The first-order valence-electron chi connectivity index (χ1n) is 7.76. The molecule has 0 aliphatic carbocycles. The van der Waals surface area contributed by atoms with E-state index in [2.05, 4.69) is 66.8 Å². The highest BCUT2D eigenvalue weighted by molar-refractivity contribution is 5.31. The molecule has 0 spiro atoms. The van der Waals surface area contributed by atoms with Gasteiger partial charge in [-0.3, -0.25) is 0 Å². The summed E-state index contributed by atoms with van der Waals surface area (Å²) in [6, 6.07) is 19.0. The Morgan fingerprint density at radius 2 is 1.62 bits per heavy atom. The van der Waals surface area contributed by atoms with E-state index in [0.717, 1.165) is 31.6 Å². The minimum atomic E-state index is 0.250. The van der Waals surface area contributed by atoms with Gasteiger partial charge in [0.1, 0.15) is 11.9 Å². The van der Waals surface area contributed by atoms with E-state index in [0.29, 0.717) is 0 Å². The van der Waals surface area contributed by atoms with Gasteiger partial charge in [-0.05, 0) is 43.1 Å². The highest BCUT2D eigenvalue weighted by atomic mass is 16.5. The summed E-state index contributed by atoms with van der Waals surface area (Å²) < 4.78 is 6.04. The number of hydrogen-bond acceptors (Lipinski definition) is 2. The molecule has 21 heavy (non-hydrogen) atoms. The Kier molecular flexibility index (Phi) is 6.29. The van der Waals surface area contributed by atoms with Gasteiger partial charge in [0.25, 0.3) is 0 Å². The fourth-order valence-corrected chi connectivity index (χ4v) is 2.46. The zero-order valence-corrected chi connectivity index (χ0v) is 13.0. The van der Waals surface area contributed by atoms with Crippen LogP contribution in [0.5, 0.6) is 5.75 Å². The minimum Gasteiger partial charge on any atom is -0.489 e. The van der Waals surface area contributed by atoms with Crippen LogP contribution >= 0.6 is 0 Å². The SMILES string of the molecule is CCCC(CNC)Oc1ccc(Cc2ccccc2)cc1. The van der Waals surface area contributed by atoms with Gasteiger partial charge < -0.3 is 10.1 Å². The Hall–Kier alpha value is -1.80. The number of nitrogens with one attached hydrogen (secondary N) is 1. The van der Waals surface area contributed by atoms with Gasteiger partial charge >= 0.3 is 0 Å². The molecular weight excluding hydrogens is 258 g/mol. The average Bonchev–Trinajstić information content (AvgIpc) is 2.51. The molecule has 2 aromatic rings. The van der Waals surface area contributed by atoms with E-state index in [1.165, 1.54) is 11.1 Å². The fourth-order valence-electron chi connectivity index (χ4n) is 2.46. The van der Waals surface area contributed by atoms with Gasteiger partial charge in [-0.2, -0.15) is 0 Å². The molecule has 0 saturated carbocycles. The zero-order valence-electron chi connectivity index (χ0n) is 13.0. The zero-order chi connectivity index (χ0) is 14.9. The first kappa shape index (κ1) is 15.6. The second-order valence-corrected chi connectivity index (χ2v) is 5.39. The van der Waals surface area contributed by atoms with Crippen LogP contribution in [0.15, 0.2) is 54.6 Å². The second-order valence-electron chi connectivity index (χ2n) is 5.39. The van der Waals surface area contributed by atoms with Gasteiger partial charge in [-0.15, -0.1) is 0 Å². The van der Waals surface area contributed by atoms with Crippen LogP contribution in [0.3, 0.4) is 0 Å². The minimum absolute atomic E-state index is 0.250. The van der Waals surface area contributed by atoms with Crippen molar-refractivity contribution in [3.8, 4) is 5.75 Å². The van der Waals surface area contributed by atoms with Crippen molar-refractivity contribution in [1.29, 1.82) is 0 Å². The van der Waals surface area contributed by atoms with Crippen molar-refractivity contribution in [1.82, 2.24) is 5.32 Å². The molecule has 0 heterocycles. The predicted octanol–water partition coefficient (Wildman–Crippen LogP) is 4.04. The molecule has 2 aromatic carbocycles. The molecular formula is C19H25NO. The van der Waals surface area contributed by atoms with E-state index in [-0.39, 0.29) is 6.10 Å². The largest absolute Gasteiger partial charge is 0.489 e. The molecule has 2 heteroatoms. The van der Waals surface area contributed by atoms with Gasteiger partial charge in [0, 0.05) is 6.54 Å². The van der Waals surface area contributed by atoms with Crippen LogP contribution in [-0.2, 0) is 6.42 Å². The van der Waals surface area contributed by atoms with Crippen molar-refractivity contribution in [2.24, 2.45) is 0 Å².